The van der Waals surface area contributed by atoms with E-state index in [2.05, 4.69) is 10.1 Å². The Hall–Kier alpha value is -1.43. The number of carbonyl (C=O) groups excluding carboxylic acids is 1. The predicted octanol–water partition coefficient (Wildman–Crippen LogP) is 2.94. The third kappa shape index (κ3) is 5.27. The fourth-order valence-corrected chi connectivity index (χ4v) is 1.31. The number of hydrogen-bond acceptors (Lipinski definition) is 2. The Morgan fingerprint density at radius 2 is 1.89 bits per heavy atom. The molecule has 0 fully saturated rings. The van der Waals surface area contributed by atoms with E-state index in [1.165, 1.54) is 12.1 Å². The molecule has 0 aliphatic heterocycles. The lowest BCUT2D eigenvalue weighted by Crippen LogP contribution is -2.24. The number of rotatable bonds is 5. The number of nitrogens with one attached hydrogen (secondary N) is 1. The molecule has 0 saturated carbocycles. The van der Waals surface area contributed by atoms with Gasteiger partial charge in [0.2, 0.25) is 0 Å². The van der Waals surface area contributed by atoms with Crippen molar-refractivity contribution >= 4 is 17.5 Å². The molecule has 100 valence electrons. The van der Waals surface area contributed by atoms with Gasteiger partial charge in [-0.2, -0.15) is 0 Å². The van der Waals surface area contributed by atoms with Crippen LogP contribution < -0.4 is 10.1 Å². The van der Waals surface area contributed by atoms with Crippen LogP contribution >= 0.6 is 11.6 Å². The van der Waals surface area contributed by atoms with Crippen molar-refractivity contribution in [2.24, 2.45) is 0 Å². The molecule has 0 radical (unpaired) electrons. The molecule has 18 heavy (non-hydrogen) atoms. The highest BCUT2D eigenvalue weighted by Crippen LogP contribution is 2.22. The van der Waals surface area contributed by atoms with Gasteiger partial charge in [-0.1, -0.05) is 0 Å². The second-order valence-electron chi connectivity index (χ2n) is 3.37. The van der Waals surface area contributed by atoms with E-state index in [9.17, 15) is 18.0 Å². The third-order valence-corrected chi connectivity index (χ3v) is 2.21. The van der Waals surface area contributed by atoms with E-state index in [0.29, 0.717) is 18.8 Å². The summed E-state index contributed by atoms with van der Waals surface area (Å²) in [7, 11) is 0. The lowest BCUT2D eigenvalue weighted by Gasteiger charge is -2.09. The Morgan fingerprint density at radius 1 is 1.28 bits per heavy atom. The molecule has 1 amide bonds. The summed E-state index contributed by atoms with van der Waals surface area (Å²) in [5.74, 6) is -0.294. The maximum absolute atomic E-state index is 11.9. The predicted molar refractivity (Wildman–Crippen MR) is 60.8 cm³/mol. The Bertz CT molecular complexity index is 392. The van der Waals surface area contributed by atoms with Crippen LogP contribution in [0.25, 0.3) is 0 Å². The summed E-state index contributed by atoms with van der Waals surface area (Å²) in [6, 6.07) is 4.70. The van der Waals surface area contributed by atoms with Crippen molar-refractivity contribution in [1.29, 1.82) is 0 Å². The van der Waals surface area contributed by atoms with Crippen LogP contribution in [-0.2, 0) is 0 Å². The minimum atomic E-state index is -4.73. The molecule has 0 atom stereocenters. The van der Waals surface area contributed by atoms with Crippen molar-refractivity contribution in [3.63, 3.8) is 0 Å². The van der Waals surface area contributed by atoms with Gasteiger partial charge >= 0.3 is 6.36 Å². The zero-order valence-electron chi connectivity index (χ0n) is 9.26. The first-order valence-electron chi connectivity index (χ1n) is 5.12. The number of hydrogen-bond donors (Lipinski definition) is 1. The van der Waals surface area contributed by atoms with E-state index >= 15 is 0 Å². The smallest absolute Gasteiger partial charge is 0.406 e. The highest BCUT2D eigenvalue weighted by molar-refractivity contribution is 6.17. The van der Waals surface area contributed by atoms with E-state index in [1.54, 1.807) is 0 Å². The van der Waals surface area contributed by atoms with Crippen molar-refractivity contribution in [3.8, 4) is 5.75 Å². The van der Waals surface area contributed by atoms with Crippen molar-refractivity contribution in [3.05, 3.63) is 29.8 Å². The summed E-state index contributed by atoms with van der Waals surface area (Å²) in [6.07, 6.45) is -4.10. The molecule has 1 rings (SSSR count). The summed E-state index contributed by atoms with van der Waals surface area (Å²) in [5.41, 5.74) is 0.263. The first-order valence-corrected chi connectivity index (χ1v) is 5.66. The molecule has 7 heteroatoms. The molecule has 0 unspecified atom stereocenters. The van der Waals surface area contributed by atoms with Gasteiger partial charge in [0.05, 0.1) is 0 Å². The molecule has 1 aromatic rings. The van der Waals surface area contributed by atoms with Crippen molar-refractivity contribution in [2.45, 2.75) is 12.8 Å². The van der Waals surface area contributed by atoms with E-state index in [1.807, 2.05) is 0 Å². The van der Waals surface area contributed by atoms with Crippen LogP contribution in [0.5, 0.6) is 5.75 Å². The maximum Gasteiger partial charge on any atom is 0.573 e. The summed E-state index contributed by atoms with van der Waals surface area (Å²) in [6.45, 7) is 0.420. The normalized spacial score (nSPS) is 11.1. The van der Waals surface area contributed by atoms with Crippen LogP contribution in [0.15, 0.2) is 24.3 Å². The average Bonchev–Trinajstić information content (AvgIpc) is 2.28. The van der Waals surface area contributed by atoms with Gasteiger partial charge in [0, 0.05) is 18.0 Å². The third-order valence-electron chi connectivity index (χ3n) is 1.95. The number of amides is 1. The molecule has 0 aromatic heterocycles. The van der Waals surface area contributed by atoms with Gasteiger partial charge in [-0.05, 0) is 30.7 Å². The second-order valence-corrected chi connectivity index (χ2v) is 3.75. The lowest BCUT2D eigenvalue weighted by molar-refractivity contribution is -0.274. The molecule has 0 aliphatic carbocycles. The molecule has 1 aromatic carbocycles. The van der Waals surface area contributed by atoms with Crippen LogP contribution in [0.1, 0.15) is 16.8 Å². The summed E-state index contributed by atoms with van der Waals surface area (Å²) in [5, 5.41) is 2.58. The Labute approximate surface area is 107 Å². The van der Waals surface area contributed by atoms with Gasteiger partial charge in [-0.15, -0.1) is 24.8 Å². The number of benzene rings is 1. The van der Waals surface area contributed by atoms with E-state index in [0.717, 1.165) is 12.1 Å². The molecule has 0 saturated heterocycles. The molecule has 0 spiro atoms. The highest BCUT2D eigenvalue weighted by Gasteiger charge is 2.31. The zero-order chi connectivity index (χ0) is 13.6. The SMILES string of the molecule is O=C(NCCCCl)c1ccc(OC(F)(F)F)cc1. The number of halogens is 4. The minimum Gasteiger partial charge on any atom is -0.406 e. The number of ether oxygens (including phenoxy) is 1. The van der Waals surface area contributed by atoms with E-state index < -0.39 is 6.36 Å². The largest absolute Gasteiger partial charge is 0.573 e. The van der Waals surface area contributed by atoms with Gasteiger partial charge in [-0.25, -0.2) is 0 Å². The summed E-state index contributed by atoms with van der Waals surface area (Å²) < 4.78 is 39.4. The second kappa shape index (κ2) is 6.49. The maximum atomic E-state index is 11.9. The first kappa shape index (κ1) is 14.6. The van der Waals surface area contributed by atoms with Crippen LogP contribution in [0, 0.1) is 0 Å². The molecular weight excluding hydrogens is 271 g/mol. The lowest BCUT2D eigenvalue weighted by atomic mass is 10.2. The minimum absolute atomic E-state index is 0.263. The molecule has 0 heterocycles. The van der Waals surface area contributed by atoms with Crippen molar-refractivity contribution in [1.82, 2.24) is 5.32 Å². The van der Waals surface area contributed by atoms with E-state index in [-0.39, 0.29) is 17.2 Å². The molecule has 3 nitrogen and oxygen atoms in total. The van der Waals surface area contributed by atoms with E-state index in [4.69, 9.17) is 11.6 Å². The molecule has 0 aliphatic rings. The Morgan fingerprint density at radius 3 is 2.39 bits per heavy atom. The monoisotopic (exact) mass is 281 g/mol. The Kier molecular flexibility index (Phi) is 5.27. The van der Waals surface area contributed by atoms with Crippen LogP contribution in [-0.4, -0.2) is 24.7 Å². The van der Waals surface area contributed by atoms with Gasteiger partial charge < -0.3 is 10.1 Å². The standard InChI is InChI=1S/C11H11ClF3NO2/c12-6-1-7-16-10(17)8-2-4-9(5-3-8)18-11(13,14)15/h2-5H,1,6-7H2,(H,16,17). The summed E-state index contributed by atoms with van der Waals surface area (Å²) >= 11 is 5.44. The fraction of sp³-hybridized carbons (Fsp3) is 0.364. The van der Waals surface area contributed by atoms with Gasteiger partial charge in [0.25, 0.3) is 5.91 Å². The van der Waals surface area contributed by atoms with Crippen molar-refractivity contribution < 1.29 is 22.7 Å². The number of alkyl halides is 4. The van der Waals surface area contributed by atoms with Crippen LogP contribution in [0.4, 0.5) is 13.2 Å². The van der Waals surface area contributed by atoms with Gasteiger partial charge in [0.1, 0.15) is 5.75 Å². The Balaban J connectivity index is 2.57. The topological polar surface area (TPSA) is 38.3 Å². The fourth-order valence-electron chi connectivity index (χ4n) is 1.18. The molecular formula is C11H11ClF3NO2. The van der Waals surface area contributed by atoms with Crippen LogP contribution in [0.3, 0.4) is 0 Å². The first-order chi connectivity index (χ1) is 8.42. The summed E-state index contributed by atoms with van der Waals surface area (Å²) in [4.78, 5) is 11.5. The van der Waals surface area contributed by atoms with Gasteiger partial charge in [-0.3, -0.25) is 4.79 Å². The van der Waals surface area contributed by atoms with Crippen molar-refractivity contribution in [2.75, 3.05) is 12.4 Å². The molecule has 0 bridgehead atoms. The van der Waals surface area contributed by atoms with Gasteiger partial charge in [0.15, 0.2) is 0 Å². The highest BCUT2D eigenvalue weighted by atomic mass is 35.5. The quantitative estimate of drug-likeness (QED) is 0.666. The zero-order valence-corrected chi connectivity index (χ0v) is 10.0. The molecule has 1 N–H and O–H groups in total. The number of carbonyl (C=O) groups is 1. The van der Waals surface area contributed by atoms with Crippen LogP contribution in [0.2, 0.25) is 0 Å². The average molecular weight is 282 g/mol.